The number of halogens is 3. The first kappa shape index (κ1) is 26.5. The van der Waals surface area contributed by atoms with Crippen LogP contribution in [0.2, 0.25) is 0 Å². The van der Waals surface area contributed by atoms with Gasteiger partial charge >= 0.3 is 12.2 Å². The van der Waals surface area contributed by atoms with E-state index in [1.54, 1.807) is 24.3 Å². The van der Waals surface area contributed by atoms with Crippen LogP contribution in [0.1, 0.15) is 11.3 Å². The van der Waals surface area contributed by atoms with Crippen LogP contribution >= 0.6 is 11.3 Å². The van der Waals surface area contributed by atoms with Crippen molar-refractivity contribution >= 4 is 34.6 Å². The first-order valence-corrected chi connectivity index (χ1v) is 12.3. The van der Waals surface area contributed by atoms with E-state index in [1.807, 2.05) is 5.38 Å². The Labute approximate surface area is 215 Å². The normalized spacial score (nSPS) is 14.8. The number of hydrazine groups is 1. The number of piperazine rings is 1. The molecule has 2 heterocycles. The summed E-state index contributed by atoms with van der Waals surface area (Å²) < 4.78 is 39.4. The highest BCUT2D eigenvalue weighted by molar-refractivity contribution is 7.13. The van der Waals surface area contributed by atoms with Crippen molar-refractivity contribution in [1.82, 2.24) is 20.2 Å². The molecule has 0 spiro atoms. The predicted octanol–water partition coefficient (Wildman–Crippen LogP) is 3.58. The van der Waals surface area contributed by atoms with Crippen molar-refractivity contribution < 1.29 is 22.8 Å². The fraction of sp³-hybridized carbons (Fsp3) is 0.292. The SMILES string of the molecule is NNC(=O)CN1CCN(Cc2csc(-c3ccc(NC(=O)Nc4ccccc4C(F)(F)F)cc3)n2)CC1. The summed E-state index contributed by atoms with van der Waals surface area (Å²) in [4.78, 5) is 32.7. The van der Waals surface area contributed by atoms with Crippen molar-refractivity contribution in [1.29, 1.82) is 0 Å². The zero-order valence-corrected chi connectivity index (χ0v) is 20.5. The molecule has 0 aliphatic carbocycles. The van der Waals surface area contributed by atoms with Gasteiger partial charge in [0.05, 0.1) is 23.5 Å². The van der Waals surface area contributed by atoms with Crippen molar-refractivity contribution in [2.75, 3.05) is 43.4 Å². The number of nitrogens with one attached hydrogen (secondary N) is 3. The molecule has 196 valence electrons. The molecule has 1 fully saturated rings. The standard InChI is InChI=1S/C24H26F3N7O2S/c25-24(26,27)19-3-1-2-4-20(19)31-23(36)30-17-7-5-16(6-8-17)22-29-18(15-37-22)13-33-9-11-34(12-10-33)14-21(35)32-28/h1-8,15H,9-14,28H2,(H,32,35)(H2,30,31,36). The van der Waals surface area contributed by atoms with Crippen molar-refractivity contribution in [3.05, 3.63) is 65.2 Å². The number of nitrogens with two attached hydrogens (primary N) is 1. The second kappa shape index (κ2) is 11.7. The van der Waals surface area contributed by atoms with E-state index in [0.717, 1.165) is 48.5 Å². The third-order valence-corrected chi connectivity index (χ3v) is 6.74. The van der Waals surface area contributed by atoms with E-state index in [0.29, 0.717) is 18.8 Å². The van der Waals surface area contributed by atoms with Crippen LogP contribution in [0.4, 0.5) is 29.3 Å². The van der Waals surface area contributed by atoms with Crippen molar-refractivity contribution in [3.63, 3.8) is 0 Å². The van der Waals surface area contributed by atoms with Gasteiger partial charge in [0.2, 0.25) is 5.91 Å². The predicted molar refractivity (Wildman–Crippen MR) is 136 cm³/mol. The number of urea groups is 1. The van der Waals surface area contributed by atoms with Crippen LogP contribution in [0.25, 0.3) is 10.6 Å². The maximum absolute atomic E-state index is 13.1. The molecular weight excluding hydrogens is 507 g/mol. The van der Waals surface area contributed by atoms with Gasteiger partial charge in [-0.05, 0) is 36.4 Å². The number of carbonyl (C=O) groups excluding carboxylic acids is 2. The van der Waals surface area contributed by atoms with Crippen molar-refractivity contribution in [2.24, 2.45) is 5.84 Å². The van der Waals surface area contributed by atoms with Crippen LogP contribution < -0.4 is 21.9 Å². The number of alkyl halides is 3. The smallest absolute Gasteiger partial charge is 0.308 e. The van der Waals surface area contributed by atoms with Gasteiger partial charge in [0, 0.05) is 49.4 Å². The number of para-hydroxylation sites is 1. The van der Waals surface area contributed by atoms with E-state index in [2.05, 4.69) is 25.9 Å². The van der Waals surface area contributed by atoms with E-state index < -0.39 is 17.8 Å². The minimum atomic E-state index is -4.57. The Morgan fingerprint density at radius 3 is 2.32 bits per heavy atom. The highest BCUT2D eigenvalue weighted by Crippen LogP contribution is 2.34. The first-order chi connectivity index (χ1) is 17.7. The van der Waals surface area contributed by atoms with Crippen LogP contribution in [0.5, 0.6) is 0 Å². The number of nitrogens with zero attached hydrogens (tertiary/aromatic N) is 3. The fourth-order valence-corrected chi connectivity index (χ4v) is 4.73. The molecule has 0 unspecified atom stereocenters. The number of thiazole rings is 1. The molecule has 4 rings (SSSR count). The number of amides is 3. The Morgan fingerprint density at radius 1 is 0.973 bits per heavy atom. The Balaban J connectivity index is 1.30. The molecule has 0 saturated carbocycles. The second-order valence-electron chi connectivity index (χ2n) is 8.46. The molecular formula is C24H26F3N7O2S. The summed E-state index contributed by atoms with van der Waals surface area (Å²) in [5.74, 6) is 4.94. The lowest BCUT2D eigenvalue weighted by atomic mass is 10.1. The van der Waals surface area contributed by atoms with Crippen molar-refractivity contribution in [2.45, 2.75) is 12.7 Å². The Hall–Kier alpha value is -3.52. The highest BCUT2D eigenvalue weighted by atomic mass is 32.1. The Kier molecular flexibility index (Phi) is 8.38. The van der Waals surface area contributed by atoms with E-state index in [9.17, 15) is 22.8 Å². The van der Waals surface area contributed by atoms with Gasteiger partial charge in [-0.3, -0.25) is 20.0 Å². The van der Waals surface area contributed by atoms with Gasteiger partial charge in [-0.25, -0.2) is 15.6 Å². The number of benzene rings is 2. The van der Waals surface area contributed by atoms with Crippen LogP contribution in [0, 0.1) is 0 Å². The largest absolute Gasteiger partial charge is 0.418 e. The first-order valence-electron chi connectivity index (χ1n) is 11.4. The molecule has 1 aliphatic rings. The lowest BCUT2D eigenvalue weighted by Crippen LogP contribution is -2.49. The molecule has 13 heteroatoms. The highest BCUT2D eigenvalue weighted by Gasteiger charge is 2.33. The summed E-state index contributed by atoms with van der Waals surface area (Å²) in [6, 6.07) is 11.0. The van der Waals surface area contributed by atoms with E-state index in [1.165, 1.54) is 29.5 Å². The quantitative estimate of drug-likeness (QED) is 0.210. The molecule has 0 atom stereocenters. The van der Waals surface area contributed by atoms with Crippen LogP contribution in [-0.2, 0) is 17.5 Å². The molecule has 1 aliphatic heterocycles. The minimum Gasteiger partial charge on any atom is -0.308 e. The van der Waals surface area contributed by atoms with E-state index >= 15 is 0 Å². The van der Waals surface area contributed by atoms with Gasteiger partial charge in [-0.1, -0.05) is 12.1 Å². The third kappa shape index (κ3) is 7.26. The number of aromatic nitrogens is 1. The topological polar surface area (TPSA) is 116 Å². The monoisotopic (exact) mass is 533 g/mol. The maximum Gasteiger partial charge on any atom is 0.418 e. The molecule has 3 amide bonds. The van der Waals surface area contributed by atoms with E-state index in [-0.39, 0.29) is 11.6 Å². The number of carbonyl (C=O) groups is 2. The summed E-state index contributed by atoms with van der Waals surface area (Å²) in [5, 5.41) is 7.63. The van der Waals surface area contributed by atoms with Gasteiger partial charge in [-0.15, -0.1) is 11.3 Å². The molecule has 0 radical (unpaired) electrons. The summed E-state index contributed by atoms with van der Waals surface area (Å²) in [6.07, 6.45) is -4.57. The maximum atomic E-state index is 13.1. The zero-order valence-electron chi connectivity index (χ0n) is 19.7. The molecule has 3 aromatic rings. The summed E-state index contributed by atoms with van der Waals surface area (Å²) in [6.45, 7) is 4.18. The molecule has 2 aromatic carbocycles. The van der Waals surface area contributed by atoms with Crippen molar-refractivity contribution in [3.8, 4) is 10.6 Å². The second-order valence-corrected chi connectivity index (χ2v) is 9.32. The average Bonchev–Trinajstić information content (AvgIpc) is 3.33. The van der Waals surface area contributed by atoms with Gasteiger partial charge in [-0.2, -0.15) is 13.2 Å². The van der Waals surface area contributed by atoms with Crippen LogP contribution in [0.3, 0.4) is 0 Å². The van der Waals surface area contributed by atoms with E-state index in [4.69, 9.17) is 10.8 Å². The number of anilines is 2. The van der Waals surface area contributed by atoms with Gasteiger partial charge in [0.1, 0.15) is 5.01 Å². The molecule has 5 N–H and O–H groups in total. The minimum absolute atomic E-state index is 0.203. The Bertz CT molecular complexity index is 1230. The number of rotatable bonds is 7. The summed E-state index contributed by atoms with van der Waals surface area (Å²) >= 11 is 1.51. The fourth-order valence-electron chi connectivity index (χ4n) is 3.92. The van der Waals surface area contributed by atoms with Crippen LogP contribution in [-0.4, -0.2) is 59.4 Å². The summed E-state index contributed by atoms with van der Waals surface area (Å²) in [5.41, 5.74) is 3.15. The van der Waals surface area contributed by atoms with Crippen LogP contribution in [0.15, 0.2) is 53.9 Å². The number of hydrogen-bond acceptors (Lipinski definition) is 7. The molecule has 1 saturated heterocycles. The molecule has 0 bridgehead atoms. The third-order valence-electron chi connectivity index (χ3n) is 5.80. The number of hydrogen-bond donors (Lipinski definition) is 4. The molecule has 37 heavy (non-hydrogen) atoms. The molecule has 9 nitrogen and oxygen atoms in total. The van der Waals surface area contributed by atoms with Gasteiger partial charge in [0.15, 0.2) is 0 Å². The average molecular weight is 534 g/mol. The zero-order chi connectivity index (χ0) is 26.4. The molecule has 1 aromatic heterocycles. The van der Waals surface area contributed by atoms with Gasteiger partial charge in [0.25, 0.3) is 0 Å². The summed E-state index contributed by atoms with van der Waals surface area (Å²) in [7, 11) is 0. The van der Waals surface area contributed by atoms with Gasteiger partial charge < -0.3 is 10.6 Å². The lowest BCUT2D eigenvalue weighted by molar-refractivity contribution is -0.137. The lowest BCUT2D eigenvalue weighted by Gasteiger charge is -2.33. The Morgan fingerprint density at radius 2 is 1.65 bits per heavy atom.